The number of aliphatic carboxylic acids is 1. The number of para-hydroxylation sites is 1. The summed E-state index contributed by atoms with van der Waals surface area (Å²) in [6, 6.07) is 6.80. The van der Waals surface area contributed by atoms with Gasteiger partial charge in [0.25, 0.3) is 11.5 Å². The Labute approximate surface area is 135 Å². The third kappa shape index (κ3) is 3.17. The molecule has 0 spiro atoms. The van der Waals surface area contributed by atoms with Crippen LogP contribution in [0.2, 0.25) is 0 Å². The van der Waals surface area contributed by atoms with Gasteiger partial charge in [0, 0.05) is 6.07 Å². The number of carbonyl (C=O) groups is 2. The molecule has 0 aliphatic heterocycles. The normalized spacial score (nSPS) is 14.9. The minimum atomic E-state index is -1.12. The van der Waals surface area contributed by atoms with Gasteiger partial charge >= 0.3 is 5.97 Å². The van der Waals surface area contributed by atoms with Crippen molar-refractivity contribution in [1.29, 1.82) is 0 Å². The Balaban J connectivity index is 1.91. The van der Waals surface area contributed by atoms with Crippen molar-refractivity contribution in [3.05, 3.63) is 58.3 Å². The van der Waals surface area contributed by atoms with Crippen LogP contribution < -0.4 is 10.9 Å². The van der Waals surface area contributed by atoms with Gasteiger partial charge in [0.1, 0.15) is 23.2 Å². The van der Waals surface area contributed by atoms with Crippen LogP contribution in [0.25, 0.3) is 5.69 Å². The van der Waals surface area contributed by atoms with Crippen molar-refractivity contribution in [3.8, 4) is 5.69 Å². The second-order valence-corrected chi connectivity index (χ2v) is 5.55. The maximum Gasteiger partial charge on any atom is 0.326 e. The van der Waals surface area contributed by atoms with E-state index in [4.69, 9.17) is 5.11 Å². The van der Waals surface area contributed by atoms with Gasteiger partial charge in [0.15, 0.2) is 0 Å². The molecule has 24 heavy (non-hydrogen) atoms. The zero-order valence-corrected chi connectivity index (χ0v) is 12.5. The first-order valence-corrected chi connectivity index (χ1v) is 7.36. The Kier molecular flexibility index (Phi) is 4.11. The van der Waals surface area contributed by atoms with Crippen molar-refractivity contribution in [2.75, 3.05) is 0 Å². The second-order valence-electron chi connectivity index (χ2n) is 5.55. The molecule has 3 rings (SSSR count). The monoisotopic (exact) mass is 331 g/mol. The lowest BCUT2D eigenvalue weighted by atomic mass is 10.2. The van der Waals surface area contributed by atoms with E-state index in [1.54, 1.807) is 0 Å². The minimum Gasteiger partial charge on any atom is -0.480 e. The zero-order valence-electron chi connectivity index (χ0n) is 12.5. The Morgan fingerprint density at radius 3 is 2.58 bits per heavy atom. The molecule has 2 N–H and O–H groups in total. The van der Waals surface area contributed by atoms with Gasteiger partial charge in [-0.25, -0.2) is 9.18 Å². The van der Waals surface area contributed by atoms with E-state index in [0.717, 1.165) is 23.6 Å². The number of nitrogens with zero attached hydrogens (tertiary/aromatic N) is 2. The molecule has 1 fully saturated rings. The highest BCUT2D eigenvalue weighted by molar-refractivity contribution is 5.95. The van der Waals surface area contributed by atoms with Gasteiger partial charge in [-0.1, -0.05) is 12.1 Å². The van der Waals surface area contributed by atoms with Crippen molar-refractivity contribution in [3.63, 3.8) is 0 Å². The fourth-order valence-electron chi connectivity index (χ4n) is 2.35. The van der Waals surface area contributed by atoms with Gasteiger partial charge in [0.05, 0.1) is 0 Å². The molecule has 1 amide bonds. The maximum absolute atomic E-state index is 13.8. The molecule has 1 heterocycles. The van der Waals surface area contributed by atoms with Crippen LogP contribution in [-0.4, -0.2) is 32.8 Å². The zero-order chi connectivity index (χ0) is 17.3. The predicted octanol–water partition coefficient (Wildman–Crippen LogP) is 0.965. The van der Waals surface area contributed by atoms with E-state index in [1.807, 2.05) is 0 Å². The summed E-state index contributed by atoms with van der Waals surface area (Å²) < 4.78 is 14.6. The topological polar surface area (TPSA) is 101 Å². The van der Waals surface area contributed by atoms with E-state index in [0.29, 0.717) is 0 Å². The third-order valence-corrected chi connectivity index (χ3v) is 3.76. The van der Waals surface area contributed by atoms with Crippen molar-refractivity contribution >= 4 is 11.9 Å². The molecule has 0 radical (unpaired) electrons. The molecule has 1 aromatic heterocycles. The first-order chi connectivity index (χ1) is 11.5. The number of halogens is 1. The molecule has 1 atom stereocenters. The fourth-order valence-corrected chi connectivity index (χ4v) is 2.35. The number of aromatic nitrogens is 2. The Bertz CT molecular complexity index is 860. The molecule has 0 saturated heterocycles. The van der Waals surface area contributed by atoms with Gasteiger partial charge in [-0.3, -0.25) is 9.59 Å². The van der Waals surface area contributed by atoms with Crippen LogP contribution in [0.5, 0.6) is 0 Å². The number of amides is 1. The lowest BCUT2D eigenvalue weighted by Gasteiger charge is -2.13. The first-order valence-electron chi connectivity index (χ1n) is 7.36. The van der Waals surface area contributed by atoms with Crippen LogP contribution >= 0.6 is 0 Å². The van der Waals surface area contributed by atoms with Gasteiger partial charge in [0.2, 0.25) is 0 Å². The molecule has 1 aliphatic rings. The van der Waals surface area contributed by atoms with Crippen molar-refractivity contribution in [2.45, 2.75) is 18.9 Å². The highest BCUT2D eigenvalue weighted by Crippen LogP contribution is 2.32. The average Bonchev–Trinajstić information content (AvgIpc) is 3.38. The van der Waals surface area contributed by atoms with Crippen LogP contribution in [-0.2, 0) is 4.79 Å². The van der Waals surface area contributed by atoms with Crippen molar-refractivity contribution in [1.82, 2.24) is 15.1 Å². The summed E-state index contributed by atoms with van der Waals surface area (Å²) in [6.45, 7) is 0. The largest absolute Gasteiger partial charge is 0.480 e. The molecule has 124 valence electrons. The Morgan fingerprint density at radius 2 is 1.96 bits per heavy atom. The summed E-state index contributed by atoms with van der Waals surface area (Å²) >= 11 is 0. The number of rotatable bonds is 5. The number of hydrogen-bond donors (Lipinski definition) is 2. The van der Waals surface area contributed by atoms with Gasteiger partial charge in [-0.05, 0) is 37.0 Å². The average molecular weight is 331 g/mol. The Hall–Kier alpha value is -3.03. The lowest BCUT2D eigenvalue weighted by molar-refractivity contribution is -0.139. The van der Waals surface area contributed by atoms with Gasteiger partial charge < -0.3 is 10.4 Å². The molecule has 7 nitrogen and oxygen atoms in total. The Morgan fingerprint density at radius 1 is 1.25 bits per heavy atom. The van der Waals surface area contributed by atoms with Crippen molar-refractivity contribution < 1.29 is 19.1 Å². The summed E-state index contributed by atoms with van der Waals surface area (Å²) in [5.74, 6) is -2.59. The van der Waals surface area contributed by atoms with E-state index < -0.39 is 29.3 Å². The molecule has 1 aromatic carbocycles. The highest BCUT2D eigenvalue weighted by atomic mass is 19.1. The van der Waals surface area contributed by atoms with Crippen molar-refractivity contribution in [2.24, 2.45) is 5.92 Å². The van der Waals surface area contributed by atoms with Gasteiger partial charge in [-0.2, -0.15) is 9.78 Å². The van der Waals surface area contributed by atoms with E-state index in [2.05, 4.69) is 10.4 Å². The van der Waals surface area contributed by atoms with E-state index >= 15 is 0 Å². The molecular formula is C16H14FN3O4. The number of carboxylic acid groups (broad SMARTS) is 1. The first kappa shape index (κ1) is 15.9. The molecular weight excluding hydrogens is 317 g/mol. The van der Waals surface area contributed by atoms with Crippen LogP contribution in [0.3, 0.4) is 0 Å². The number of carboxylic acids is 1. The quantitative estimate of drug-likeness (QED) is 0.850. The second kappa shape index (κ2) is 6.23. The number of nitrogens with one attached hydrogen (secondary N) is 1. The van der Waals surface area contributed by atoms with Gasteiger partial charge in [-0.15, -0.1) is 0 Å². The molecule has 1 saturated carbocycles. The number of carbonyl (C=O) groups excluding carboxylic acids is 1. The molecule has 1 unspecified atom stereocenters. The number of benzene rings is 1. The number of hydrogen-bond acceptors (Lipinski definition) is 4. The molecule has 2 aromatic rings. The van der Waals surface area contributed by atoms with Crippen LogP contribution in [0.4, 0.5) is 4.39 Å². The summed E-state index contributed by atoms with van der Waals surface area (Å²) in [5, 5.41) is 15.4. The van der Waals surface area contributed by atoms with E-state index in [9.17, 15) is 18.8 Å². The minimum absolute atomic E-state index is 0.0888. The van der Waals surface area contributed by atoms with Crippen LogP contribution in [0.1, 0.15) is 23.3 Å². The predicted molar refractivity (Wildman–Crippen MR) is 81.4 cm³/mol. The van der Waals surface area contributed by atoms with E-state index in [1.165, 1.54) is 30.3 Å². The standard InChI is InChI=1S/C16H14FN3O4/c17-10-3-1-2-4-12(10)20-13(21)8-7-11(19-20)15(22)18-14(16(23)24)9-5-6-9/h1-4,7-9,14H,5-6H2,(H,18,22)(H,23,24). The smallest absolute Gasteiger partial charge is 0.326 e. The summed E-state index contributed by atoms with van der Waals surface area (Å²) in [5.41, 5.74) is -0.854. The maximum atomic E-state index is 13.8. The van der Waals surface area contributed by atoms with E-state index in [-0.39, 0.29) is 17.3 Å². The van der Waals surface area contributed by atoms with Crippen LogP contribution in [0.15, 0.2) is 41.2 Å². The highest BCUT2D eigenvalue weighted by Gasteiger charge is 2.37. The summed E-state index contributed by atoms with van der Waals surface area (Å²) in [6.07, 6.45) is 1.47. The summed E-state index contributed by atoms with van der Waals surface area (Å²) in [4.78, 5) is 35.3. The third-order valence-electron chi connectivity index (χ3n) is 3.76. The molecule has 8 heteroatoms. The van der Waals surface area contributed by atoms with Crippen LogP contribution in [0, 0.1) is 11.7 Å². The molecule has 0 bridgehead atoms. The summed E-state index contributed by atoms with van der Waals surface area (Å²) in [7, 11) is 0. The lowest BCUT2D eigenvalue weighted by Crippen LogP contribution is -2.43. The fraction of sp³-hybridized carbons (Fsp3) is 0.250. The SMILES string of the molecule is O=C(NC(C(=O)O)C1CC1)c1ccc(=O)n(-c2ccccc2F)n1. The molecule has 1 aliphatic carbocycles.